The van der Waals surface area contributed by atoms with Crippen LogP contribution in [0.15, 0.2) is 10.8 Å². The molecule has 0 heterocycles. The Balaban J connectivity index is 0. The van der Waals surface area contributed by atoms with Gasteiger partial charge in [-0.1, -0.05) is 0 Å². The lowest BCUT2D eigenvalue weighted by Crippen LogP contribution is -1.77. The third kappa shape index (κ3) is 8.89. The second kappa shape index (κ2) is 9.38. The van der Waals surface area contributed by atoms with E-state index in [0.29, 0.717) is 0 Å². The van der Waals surface area contributed by atoms with Crippen molar-refractivity contribution < 1.29 is 0 Å². The van der Waals surface area contributed by atoms with Crippen LogP contribution in [0.3, 0.4) is 0 Å². The van der Waals surface area contributed by atoms with E-state index in [1.807, 2.05) is 0 Å². The molecule has 0 rings (SSSR count). The van der Waals surface area contributed by atoms with Crippen LogP contribution in [0.5, 0.6) is 0 Å². The van der Waals surface area contributed by atoms with E-state index in [4.69, 9.17) is 0 Å². The number of rotatable bonds is 2. The average molecular weight is 133 g/mol. The molecule has 3 heteroatoms. The average Bonchev–Trinajstić information content (AvgIpc) is 1.41. The van der Waals surface area contributed by atoms with Crippen molar-refractivity contribution in [3.63, 3.8) is 0 Å². The normalized spacial score (nSPS) is 5.33. The minimum Gasteiger partial charge on any atom is -0.214 e. The lowest BCUT2D eigenvalue weighted by Gasteiger charge is -1.65. The first-order valence-corrected chi connectivity index (χ1v) is 5.25. The lowest BCUT2D eigenvalue weighted by molar-refractivity contribution is 2.06. The Labute approximate surface area is 57.9 Å². The molecular weight excluding hydrogens is 124 g/mol. The van der Waals surface area contributed by atoms with Crippen LogP contribution in [0, 0.1) is 0 Å². The quantitative estimate of drug-likeness (QED) is 0.465. The molecule has 0 saturated heterocycles. The zero-order valence-electron chi connectivity index (χ0n) is 4.11. The SMILES string of the molecule is C=[CH][Mg][CH2][SiH3].Cl. The molecule has 0 nitrogen and oxygen atoms in total. The largest absolute Gasteiger partial charge is 0.391 e. The fourth-order valence-electron chi connectivity index (χ4n) is 0.204. The first kappa shape index (κ1) is 10.1. The minimum atomic E-state index is 0. The van der Waals surface area contributed by atoms with Crippen LogP contribution in [-0.2, 0) is 0 Å². The molecule has 0 aliphatic rings. The summed E-state index contributed by atoms with van der Waals surface area (Å²) in [6.07, 6.45) is 0. The summed E-state index contributed by atoms with van der Waals surface area (Å²) in [7, 11) is 1.39. The van der Waals surface area contributed by atoms with Gasteiger partial charge in [0.1, 0.15) is 0 Å². The first-order chi connectivity index (χ1) is 2.41. The molecule has 0 fully saturated rings. The molecule has 6 heavy (non-hydrogen) atoms. The Morgan fingerprint density at radius 3 is 2.33 bits per heavy atom. The summed E-state index contributed by atoms with van der Waals surface area (Å²) in [5.74, 6) is 0. The molecule has 0 saturated carbocycles. The second-order valence-electron chi connectivity index (χ2n) is 1.08. The van der Waals surface area contributed by atoms with Crippen molar-refractivity contribution in [2.45, 2.75) is 4.17 Å². The number of hydrogen-bond acceptors (Lipinski definition) is 0. The van der Waals surface area contributed by atoms with Crippen LogP contribution in [0.25, 0.3) is 0 Å². The molecule has 0 unspecified atom stereocenters. The van der Waals surface area contributed by atoms with Gasteiger partial charge in [-0.05, 0) is 10.2 Å². The molecule has 0 aromatic rings. The third-order valence-electron chi connectivity index (χ3n) is 0.493. The first-order valence-electron chi connectivity index (χ1n) is 2.02. The van der Waals surface area contributed by atoms with Gasteiger partial charge in [0.05, 0.1) is 0 Å². The van der Waals surface area contributed by atoms with Crippen LogP contribution >= 0.6 is 12.4 Å². The molecule has 0 radical (unpaired) electrons. The van der Waals surface area contributed by atoms with Gasteiger partial charge in [-0.15, -0.1) is 19.0 Å². The summed E-state index contributed by atoms with van der Waals surface area (Å²) in [5, 5.41) is 0. The van der Waals surface area contributed by atoms with Crippen molar-refractivity contribution in [3.8, 4) is 0 Å². The highest BCUT2D eigenvalue weighted by Gasteiger charge is 1.74. The fraction of sp³-hybridized carbons (Fsp3) is 0.333. The molecular formula is C3H9ClMgSi. The number of halogens is 1. The van der Waals surface area contributed by atoms with E-state index in [2.05, 4.69) is 10.8 Å². The Kier molecular flexibility index (Phi) is 15.8. The summed E-state index contributed by atoms with van der Waals surface area (Å²) >= 11 is 0.258. The zero-order valence-corrected chi connectivity index (χ0v) is 8.34. The van der Waals surface area contributed by atoms with Gasteiger partial charge in [0, 0.05) is 0 Å². The molecule has 0 aromatic carbocycles. The van der Waals surface area contributed by atoms with Gasteiger partial charge in [-0.2, -0.15) is 4.17 Å². The van der Waals surface area contributed by atoms with Crippen molar-refractivity contribution in [2.24, 2.45) is 0 Å². The molecule has 0 bridgehead atoms. The molecule has 0 amide bonds. The van der Waals surface area contributed by atoms with Gasteiger partial charge in [0.25, 0.3) is 0 Å². The van der Waals surface area contributed by atoms with Crippen LogP contribution in [-0.4, -0.2) is 30.6 Å². The van der Waals surface area contributed by atoms with E-state index < -0.39 is 0 Å². The van der Waals surface area contributed by atoms with E-state index in [0.717, 1.165) is 0 Å². The van der Waals surface area contributed by atoms with E-state index >= 15 is 0 Å². The van der Waals surface area contributed by atoms with E-state index in [9.17, 15) is 0 Å². The van der Waals surface area contributed by atoms with Crippen LogP contribution in [0.2, 0.25) is 4.17 Å². The molecule has 34 valence electrons. The van der Waals surface area contributed by atoms with Gasteiger partial charge >= 0.3 is 20.4 Å². The van der Waals surface area contributed by atoms with E-state index in [1.54, 1.807) is 0 Å². The molecule has 0 N–H and O–H groups in total. The van der Waals surface area contributed by atoms with E-state index in [-0.39, 0.29) is 32.8 Å². The van der Waals surface area contributed by atoms with E-state index in [1.165, 1.54) is 14.4 Å². The van der Waals surface area contributed by atoms with Gasteiger partial charge in [0.15, 0.2) is 0 Å². The summed E-state index contributed by atoms with van der Waals surface area (Å²) in [6, 6.07) is 0. The van der Waals surface area contributed by atoms with Crippen LogP contribution < -0.4 is 0 Å². The molecule has 0 aromatic heterocycles. The summed E-state index contributed by atoms with van der Waals surface area (Å²) in [4.78, 5) is 0. The van der Waals surface area contributed by atoms with Crippen molar-refractivity contribution >= 4 is 43.0 Å². The van der Waals surface area contributed by atoms with Crippen molar-refractivity contribution in [3.05, 3.63) is 10.8 Å². The Morgan fingerprint density at radius 2 is 2.33 bits per heavy atom. The zero-order chi connectivity index (χ0) is 4.12. The predicted molar refractivity (Wildman–Crippen MR) is 37.9 cm³/mol. The highest BCUT2D eigenvalue weighted by atomic mass is 35.5. The molecule has 0 aliphatic carbocycles. The van der Waals surface area contributed by atoms with Crippen LogP contribution in [0.4, 0.5) is 0 Å². The highest BCUT2D eigenvalue weighted by molar-refractivity contribution is 6.51. The van der Waals surface area contributed by atoms with Gasteiger partial charge < -0.3 is 0 Å². The minimum absolute atomic E-state index is 0. The van der Waals surface area contributed by atoms with Gasteiger partial charge in [-0.25, -0.2) is 4.21 Å². The molecule has 0 spiro atoms. The number of hydrogen-bond donors (Lipinski definition) is 0. The predicted octanol–water partition coefficient (Wildman–Crippen LogP) is -0.00290. The lowest BCUT2D eigenvalue weighted by atomic mass is 11.3. The van der Waals surface area contributed by atoms with Crippen molar-refractivity contribution in [1.82, 2.24) is 0 Å². The molecule has 0 aliphatic heterocycles. The topological polar surface area (TPSA) is 0 Å². The smallest absolute Gasteiger partial charge is 0.214 e. The standard InChI is InChI=1S/C2H3.CH5Si.ClH.Mg/c2*1-2;;/h1H,2H2;1H2,2H3;1H;. The summed E-state index contributed by atoms with van der Waals surface area (Å²) in [6.45, 7) is 3.63. The highest BCUT2D eigenvalue weighted by Crippen LogP contribution is 1.62. The Morgan fingerprint density at radius 1 is 1.83 bits per heavy atom. The van der Waals surface area contributed by atoms with Crippen molar-refractivity contribution in [1.29, 1.82) is 0 Å². The second-order valence-corrected chi connectivity index (χ2v) is 6.23. The Bertz CT molecular complexity index is 32.0. The van der Waals surface area contributed by atoms with Crippen LogP contribution in [0.1, 0.15) is 0 Å². The maximum Gasteiger partial charge on any atom is 0.391 e. The van der Waals surface area contributed by atoms with Gasteiger partial charge in [-0.3, -0.25) is 0 Å². The maximum atomic E-state index is 3.63. The monoisotopic (exact) mass is 132 g/mol. The van der Waals surface area contributed by atoms with Gasteiger partial charge in [0.2, 0.25) is 0 Å². The maximum absolute atomic E-state index is 3.63. The third-order valence-corrected chi connectivity index (χ3v) is 3.21. The summed E-state index contributed by atoms with van der Waals surface area (Å²) in [5.41, 5.74) is 0. The fourth-order valence-corrected chi connectivity index (χ4v) is 1.84. The summed E-state index contributed by atoms with van der Waals surface area (Å²) < 4.78 is 3.61. The Hall–Kier alpha value is 1.01. The van der Waals surface area contributed by atoms with Crippen molar-refractivity contribution in [2.75, 3.05) is 0 Å². The molecule has 0 atom stereocenters.